The van der Waals surface area contributed by atoms with Crippen LogP contribution in [-0.4, -0.2) is 36.9 Å². The quantitative estimate of drug-likeness (QED) is 0.769. The molecule has 3 N–H and O–H groups in total. The van der Waals surface area contributed by atoms with Crippen molar-refractivity contribution in [3.8, 4) is 0 Å². The van der Waals surface area contributed by atoms with Crippen LogP contribution in [-0.2, 0) is 10.0 Å². The molecule has 1 aromatic rings. The molecule has 0 aliphatic carbocycles. The molecular formula is C12H18N2O4S. The van der Waals surface area contributed by atoms with Gasteiger partial charge in [0, 0.05) is 18.8 Å². The minimum absolute atomic E-state index is 0.219. The van der Waals surface area contributed by atoms with Gasteiger partial charge in [-0.15, -0.1) is 0 Å². The Morgan fingerprint density at radius 1 is 1.37 bits per heavy atom. The highest BCUT2D eigenvalue weighted by molar-refractivity contribution is 7.89. The van der Waals surface area contributed by atoms with Crippen molar-refractivity contribution in [1.82, 2.24) is 4.31 Å². The highest BCUT2D eigenvalue weighted by Crippen LogP contribution is 2.23. The number of anilines is 1. The number of hydrogen-bond acceptors (Lipinski definition) is 4. The van der Waals surface area contributed by atoms with Crippen LogP contribution in [0.25, 0.3) is 0 Å². The number of nitrogens with zero attached hydrogens (tertiary/aromatic N) is 1. The highest BCUT2D eigenvalue weighted by atomic mass is 32.2. The van der Waals surface area contributed by atoms with E-state index in [2.05, 4.69) is 0 Å². The summed E-state index contributed by atoms with van der Waals surface area (Å²) >= 11 is 0. The SMILES string of the molecule is CCCN(CC)S(=O)(=O)c1cc(N)ccc1C(=O)O. The zero-order chi connectivity index (χ0) is 14.6. The van der Waals surface area contributed by atoms with Gasteiger partial charge in [0.05, 0.1) is 10.5 Å². The van der Waals surface area contributed by atoms with Gasteiger partial charge < -0.3 is 10.8 Å². The number of benzene rings is 1. The summed E-state index contributed by atoms with van der Waals surface area (Å²) < 4.78 is 26.1. The number of nitrogen functional groups attached to an aromatic ring is 1. The molecule has 7 heteroatoms. The summed E-state index contributed by atoms with van der Waals surface area (Å²) in [4.78, 5) is 10.9. The average Bonchev–Trinajstić information content (AvgIpc) is 2.35. The average molecular weight is 286 g/mol. The van der Waals surface area contributed by atoms with Crippen molar-refractivity contribution in [2.45, 2.75) is 25.2 Å². The first-order chi connectivity index (χ1) is 8.84. The normalized spacial score (nSPS) is 11.7. The Kier molecular flexibility index (Phi) is 4.90. The number of rotatable bonds is 6. The van der Waals surface area contributed by atoms with Gasteiger partial charge in [-0.2, -0.15) is 4.31 Å². The van der Waals surface area contributed by atoms with E-state index in [4.69, 9.17) is 10.8 Å². The van der Waals surface area contributed by atoms with Gasteiger partial charge in [0.2, 0.25) is 10.0 Å². The topological polar surface area (TPSA) is 101 Å². The second-order valence-corrected chi connectivity index (χ2v) is 5.96. The Morgan fingerprint density at radius 2 is 2.00 bits per heavy atom. The minimum atomic E-state index is -3.84. The van der Waals surface area contributed by atoms with Crippen LogP contribution in [0.1, 0.15) is 30.6 Å². The van der Waals surface area contributed by atoms with Crippen LogP contribution >= 0.6 is 0 Å². The fraction of sp³-hybridized carbons (Fsp3) is 0.417. The van der Waals surface area contributed by atoms with Gasteiger partial charge in [-0.1, -0.05) is 13.8 Å². The van der Waals surface area contributed by atoms with E-state index in [1.54, 1.807) is 6.92 Å². The molecule has 0 atom stereocenters. The smallest absolute Gasteiger partial charge is 0.337 e. The molecule has 0 fully saturated rings. The lowest BCUT2D eigenvalue weighted by Crippen LogP contribution is -2.32. The third-order valence-electron chi connectivity index (χ3n) is 2.68. The van der Waals surface area contributed by atoms with E-state index in [-0.39, 0.29) is 22.7 Å². The number of nitrogens with two attached hydrogens (primary N) is 1. The molecule has 0 saturated heterocycles. The number of carboxylic acid groups (broad SMARTS) is 1. The van der Waals surface area contributed by atoms with E-state index >= 15 is 0 Å². The van der Waals surface area contributed by atoms with Crippen LogP contribution in [0.5, 0.6) is 0 Å². The first kappa shape index (κ1) is 15.5. The number of hydrogen-bond donors (Lipinski definition) is 2. The molecule has 19 heavy (non-hydrogen) atoms. The molecular weight excluding hydrogens is 268 g/mol. The van der Waals surface area contributed by atoms with Crippen molar-refractivity contribution >= 4 is 21.7 Å². The number of carbonyl (C=O) groups is 1. The van der Waals surface area contributed by atoms with Crippen LogP contribution in [0.3, 0.4) is 0 Å². The van der Waals surface area contributed by atoms with Gasteiger partial charge in [0.15, 0.2) is 0 Å². The predicted molar refractivity (Wildman–Crippen MR) is 72.5 cm³/mol. The second kappa shape index (κ2) is 6.03. The van der Waals surface area contributed by atoms with Crippen molar-refractivity contribution in [2.24, 2.45) is 0 Å². The third-order valence-corrected chi connectivity index (χ3v) is 4.69. The second-order valence-electron chi connectivity index (χ2n) is 4.06. The molecule has 0 bridgehead atoms. The van der Waals surface area contributed by atoms with Gasteiger partial charge in [-0.05, 0) is 24.6 Å². The van der Waals surface area contributed by atoms with Gasteiger partial charge >= 0.3 is 5.97 Å². The van der Waals surface area contributed by atoms with Gasteiger partial charge in [-0.25, -0.2) is 13.2 Å². The summed E-state index contributed by atoms with van der Waals surface area (Å²) in [6.07, 6.45) is 0.651. The molecule has 1 aromatic carbocycles. The summed E-state index contributed by atoms with van der Waals surface area (Å²) in [6.45, 7) is 4.19. The Balaban J connectivity index is 3.42. The number of sulfonamides is 1. The molecule has 1 rings (SSSR count). The van der Waals surface area contributed by atoms with E-state index < -0.39 is 16.0 Å². The lowest BCUT2D eigenvalue weighted by molar-refractivity contribution is 0.0692. The molecule has 0 spiro atoms. The van der Waals surface area contributed by atoms with Crippen molar-refractivity contribution < 1.29 is 18.3 Å². The van der Waals surface area contributed by atoms with Crippen LogP contribution < -0.4 is 5.73 Å². The molecule has 106 valence electrons. The Morgan fingerprint density at radius 3 is 2.47 bits per heavy atom. The summed E-state index contributed by atoms with van der Waals surface area (Å²) in [5.74, 6) is -1.29. The number of aromatic carboxylic acids is 1. The monoisotopic (exact) mass is 286 g/mol. The Bertz CT molecular complexity index is 569. The van der Waals surface area contributed by atoms with Crippen molar-refractivity contribution in [3.05, 3.63) is 23.8 Å². The van der Waals surface area contributed by atoms with Crippen LogP contribution in [0, 0.1) is 0 Å². The van der Waals surface area contributed by atoms with Gasteiger partial charge in [0.1, 0.15) is 0 Å². The maximum Gasteiger partial charge on any atom is 0.337 e. The molecule has 0 aromatic heterocycles. The van der Waals surface area contributed by atoms with E-state index in [9.17, 15) is 13.2 Å². The lowest BCUT2D eigenvalue weighted by Gasteiger charge is -2.21. The summed E-state index contributed by atoms with van der Waals surface area (Å²) in [6, 6.07) is 3.78. The maximum absolute atomic E-state index is 12.4. The van der Waals surface area contributed by atoms with Crippen LogP contribution in [0.15, 0.2) is 23.1 Å². The molecule has 0 radical (unpaired) electrons. The Hall–Kier alpha value is -1.60. The maximum atomic E-state index is 12.4. The van der Waals surface area contributed by atoms with E-state index in [0.29, 0.717) is 13.0 Å². The highest BCUT2D eigenvalue weighted by Gasteiger charge is 2.27. The van der Waals surface area contributed by atoms with E-state index in [1.807, 2.05) is 6.92 Å². The first-order valence-electron chi connectivity index (χ1n) is 5.97. The summed E-state index contributed by atoms with van der Waals surface area (Å²) in [5.41, 5.74) is 5.52. The zero-order valence-electron chi connectivity index (χ0n) is 11.0. The molecule has 0 saturated carbocycles. The van der Waals surface area contributed by atoms with Crippen LogP contribution in [0.2, 0.25) is 0 Å². The Labute approximate surface area is 112 Å². The lowest BCUT2D eigenvalue weighted by atomic mass is 10.2. The molecule has 0 aliphatic heterocycles. The standard InChI is InChI=1S/C12H18N2O4S/c1-3-7-14(4-2)19(17,18)11-8-9(13)5-6-10(11)12(15)16/h5-6,8H,3-4,7,13H2,1-2H3,(H,15,16). The molecule has 0 amide bonds. The fourth-order valence-corrected chi connectivity index (χ4v) is 3.53. The fourth-order valence-electron chi connectivity index (χ4n) is 1.77. The number of carboxylic acids is 1. The third kappa shape index (κ3) is 3.24. The van der Waals surface area contributed by atoms with Crippen molar-refractivity contribution in [2.75, 3.05) is 18.8 Å². The van der Waals surface area contributed by atoms with E-state index in [1.165, 1.54) is 22.5 Å². The van der Waals surface area contributed by atoms with Crippen molar-refractivity contribution in [1.29, 1.82) is 0 Å². The van der Waals surface area contributed by atoms with E-state index in [0.717, 1.165) is 0 Å². The van der Waals surface area contributed by atoms with Gasteiger partial charge in [-0.3, -0.25) is 0 Å². The summed E-state index contributed by atoms with van der Waals surface area (Å²) in [7, 11) is -3.84. The summed E-state index contributed by atoms with van der Waals surface area (Å²) in [5, 5.41) is 9.08. The molecule has 0 unspecified atom stereocenters. The minimum Gasteiger partial charge on any atom is -0.478 e. The first-order valence-corrected chi connectivity index (χ1v) is 7.41. The van der Waals surface area contributed by atoms with Crippen molar-refractivity contribution in [3.63, 3.8) is 0 Å². The van der Waals surface area contributed by atoms with Gasteiger partial charge in [0.25, 0.3) is 0 Å². The van der Waals surface area contributed by atoms with Crippen LogP contribution in [0.4, 0.5) is 5.69 Å². The largest absolute Gasteiger partial charge is 0.478 e. The predicted octanol–water partition coefficient (Wildman–Crippen LogP) is 1.39. The molecule has 0 aliphatic rings. The molecule has 6 nitrogen and oxygen atoms in total. The zero-order valence-corrected chi connectivity index (χ0v) is 11.8. The molecule has 0 heterocycles.